The highest BCUT2D eigenvalue weighted by Crippen LogP contribution is 2.54. The van der Waals surface area contributed by atoms with Crippen LogP contribution in [-0.4, -0.2) is 61.9 Å². The molecule has 4 aromatic rings. The van der Waals surface area contributed by atoms with E-state index in [4.69, 9.17) is 18.9 Å². The number of hydrogen-bond acceptors (Lipinski definition) is 12. The quantitative estimate of drug-likeness (QED) is 0.0337. The third kappa shape index (κ3) is 10.9. The molecule has 0 radical (unpaired) electrons. The van der Waals surface area contributed by atoms with Crippen LogP contribution in [0.5, 0.6) is 0 Å². The summed E-state index contributed by atoms with van der Waals surface area (Å²) in [6.07, 6.45) is 14.7. The number of anilines is 4. The molecule has 0 amide bonds. The standard InChI is InChI=1S/C54H66N4O8/c1-5-9-13-23-43(59)65-35-53(29-33-63-31-15-11-7-3)55-41-21-17-19-37-25-27-39(49(57-53)45(37)41)47-51(61)48(52(47)62)40-28-26-38-20-18-22-42-46(38)50(40)58-54(56-42,30-34-64-32-16-12-8-4)36-66-44(60)24-14-10-6-2/h17-22,25-28,47-48,51-52,55-58H,5-16,23-24,31-32,35-36H2,1-4H3/q-2. The van der Waals surface area contributed by atoms with Gasteiger partial charge in [0.1, 0.15) is 38.6 Å². The zero-order valence-corrected chi connectivity index (χ0v) is 39.1. The SMILES string of the molecule is CCCCCOC#CC1(COC(=O)CCCCC)Nc2cccc3ccc(C4C([O-])C(c5ccc6cccc7c6c5NC(C#COCCCCC)(COC(=O)CCCCC)N7)C4[O-])c(c23)N1. The molecule has 352 valence electrons. The lowest BCUT2D eigenvalue weighted by Gasteiger charge is -2.62. The van der Waals surface area contributed by atoms with Gasteiger partial charge in [-0.3, -0.25) is 9.59 Å². The largest absolute Gasteiger partial charge is 0.851 e. The molecule has 12 heteroatoms. The lowest BCUT2D eigenvalue weighted by atomic mass is 9.62. The average Bonchev–Trinajstić information content (AvgIpc) is 3.32. The number of ether oxygens (including phenoxy) is 4. The topological polar surface area (TPSA) is 165 Å². The summed E-state index contributed by atoms with van der Waals surface area (Å²) in [4.78, 5) is 26.0. The highest BCUT2D eigenvalue weighted by molar-refractivity contribution is 6.08. The van der Waals surface area contributed by atoms with E-state index in [1.54, 1.807) is 0 Å². The summed E-state index contributed by atoms with van der Waals surface area (Å²) in [5.41, 5.74) is 1.19. The smallest absolute Gasteiger partial charge is 0.305 e. The van der Waals surface area contributed by atoms with Gasteiger partial charge < -0.3 is 50.4 Å². The van der Waals surface area contributed by atoms with Gasteiger partial charge in [0.25, 0.3) is 0 Å². The number of benzene rings is 4. The van der Waals surface area contributed by atoms with E-state index in [2.05, 4.69) is 73.0 Å². The van der Waals surface area contributed by atoms with Crippen molar-refractivity contribution in [1.29, 1.82) is 0 Å². The third-order valence-corrected chi connectivity index (χ3v) is 12.9. The van der Waals surface area contributed by atoms with Crippen molar-refractivity contribution in [3.05, 3.63) is 71.8 Å². The molecule has 4 aromatic carbocycles. The van der Waals surface area contributed by atoms with Gasteiger partial charge in [-0.05, 0) is 83.4 Å². The van der Waals surface area contributed by atoms with Gasteiger partial charge in [0.2, 0.25) is 11.3 Å². The van der Waals surface area contributed by atoms with Gasteiger partial charge in [-0.2, -0.15) is 0 Å². The number of unbranched alkanes of at least 4 members (excludes halogenated alkanes) is 8. The number of nitrogens with one attached hydrogen (secondary N) is 4. The molecule has 0 aromatic heterocycles. The molecule has 12 nitrogen and oxygen atoms in total. The van der Waals surface area contributed by atoms with Crippen LogP contribution in [0.3, 0.4) is 0 Å². The Morgan fingerprint density at radius 1 is 0.545 bits per heavy atom. The Bertz CT molecular complexity index is 2280. The van der Waals surface area contributed by atoms with Crippen LogP contribution in [0.2, 0.25) is 0 Å². The summed E-state index contributed by atoms with van der Waals surface area (Å²) in [5, 5.41) is 47.4. The normalized spacial score (nSPS) is 22.2. The molecule has 7 rings (SSSR count). The number of carbonyl (C=O) groups is 2. The summed E-state index contributed by atoms with van der Waals surface area (Å²) >= 11 is 0. The molecular formula is C54H66N4O8-2. The zero-order chi connectivity index (χ0) is 46.5. The lowest BCUT2D eigenvalue weighted by molar-refractivity contribution is -0.535. The third-order valence-electron chi connectivity index (χ3n) is 12.9. The van der Waals surface area contributed by atoms with Crippen molar-refractivity contribution >= 4 is 56.2 Å². The Morgan fingerprint density at radius 3 is 1.36 bits per heavy atom. The van der Waals surface area contributed by atoms with Gasteiger partial charge in [0, 0.05) is 35.0 Å². The molecule has 1 fully saturated rings. The first-order chi connectivity index (χ1) is 32.2. The highest BCUT2D eigenvalue weighted by Gasteiger charge is 2.45. The van der Waals surface area contributed by atoms with Crippen LogP contribution in [0.4, 0.5) is 22.7 Å². The van der Waals surface area contributed by atoms with Gasteiger partial charge in [-0.15, -0.1) is 12.2 Å². The van der Waals surface area contributed by atoms with Gasteiger partial charge in [0.15, 0.2) is 0 Å². The minimum atomic E-state index is -1.33. The predicted molar refractivity (Wildman–Crippen MR) is 258 cm³/mol. The maximum atomic E-state index is 14.9. The number of rotatable bonds is 22. The van der Waals surface area contributed by atoms with Gasteiger partial charge in [-0.25, -0.2) is 0 Å². The van der Waals surface area contributed by atoms with Crippen LogP contribution in [0.15, 0.2) is 60.7 Å². The van der Waals surface area contributed by atoms with E-state index in [9.17, 15) is 19.8 Å². The van der Waals surface area contributed by atoms with E-state index in [1.807, 2.05) is 60.7 Å². The number of esters is 2. The van der Waals surface area contributed by atoms with E-state index in [0.717, 1.165) is 110 Å². The van der Waals surface area contributed by atoms with Crippen molar-refractivity contribution in [2.75, 3.05) is 47.7 Å². The molecule has 2 atom stereocenters. The molecule has 0 saturated heterocycles. The maximum absolute atomic E-state index is 14.9. The molecule has 4 N–H and O–H groups in total. The van der Waals surface area contributed by atoms with Crippen molar-refractivity contribution in [1.82, 2.24) is 0 Å². The van der Waals surface area contributed by atoms with Gasteiger partial charge in [-0.1, -0.05) is 128 Å². The average molecular weight is 899 g/mol. The van der Waals surface area contributed by atoms with Crippen molar-refractivity contribution < 1.29 is 38.7 Å². The van der Waals surface area contributed by atoms with Crippen LogP contribution in [0.1, 0.15) is 141 Å². The Labute approximate surface area is 390 Å². The molecule has 0 bridgehead atoms. The van der Waals surface area contributed by atoms with E-state index in [-0.39, 0.29) is 38.0 Å². The molecule has 3 aliphatic rings. The lowest BCUT2D eigenvalue weighted by Crippen LogP contribution is -2.64. The van der Waals surface area contributed by atoms with E-state index >= 15 is 0 Å². The zero-order valence-electron chi connectivity index (χ0n) is 39.1. The molecular weight excluding hydrogens is 833 g/mol. The molecule has 2 unspecified atom stereocenters. The van der Waals surface area contributed by atoms with Crippen LogP contribution in [0.25, 0.3) is 21.5 Å². The Hall–Kier alpha value is -5.82. The first-order valence-corrected chi connectivity index (χ1v) is 24.3. The van der Waals surface area contributed by atoms with Crippen molar-refractivity contribution in [3.8, 4) is 24.1 Å². The number of carbonyl (C=O) groups excluding carboxylic acids is 2. The molecule has 2 heterocycles. The first-order valence-electron chi connectivity index (χ1n) is 24.3. The van der Waals surface area contributed by atoms with Crippen molar-refractivity contribution in [3.63, 3.8) is 0 Å². The van der Waals surface area contributed by atoms with Crippen LogP contribution in [-0.2, 0) is 28.5 Å². The summed E-state index contributed by atoms with van der Waals surface area (Å²) in [7, 11) is 0. The molecule has 66 heavy (non-hydrogen) atoms. The second-order valence-corrected chi connectivity index (χ2v) is 18.0. The van der Waals surface area contributed by atoms with Crippen LogP contribution >= 0.6 is 0 Å². The second-order valence-electron chi connectivity index (χ2n) is 18.0. The second kappa shape index (κ2) is 22.6. The number of hydrogen-bond donors (Lipinski definition) is 4. The molecule has 1 aliphatic carbocycles. The summed E-state index contributed by atoms with van der Waals surface area (Å²) in [5.74, 6) is 3.87. The van der Waals surface area contributed by atoms with Crippen LogP contribution in [0, 0.1) is 24.1 Å². The minimum Gasteiger partial charge on any atom is -0.851 e. The van der Waals surface area contributed by atoms with Crippen LogP contribution < -0.4 is 31.5 Å². The fraction of sp³-hybridized carbons (Fsp3) is 0.519. The van der Waals surface area contributed by atoms with Gasteiger partial charge >= 0.3 is 11.9 Å². The van der Waals surface area contributed by atoms with E-state index in [1.165, 1.54) is 0 Å². The van der Waals surface area contributed by atoms with Crippen molar-refractivity contribution in [2.45, 2.75) is 153 Å². The fourth-order valence-corrected chi connectivity index (χ4v) is 9.25. The monoisotopic (exact) mass is 898 g/mol. The summed E-state index contributed by atoms with van der Waals surface area (Å²) in [6, 6.07) is 19.3. The fourth-order valence-electron chi connectivity index (χ4n) is 9.25. The van der Waals surface area contributed by atoms with E-state index in [0.29, 0.717) is 35.7 Å². The highest BCUT2D eigenvalue weighted by atomic mass is 16.5. The van der Waals surface area contributed by atoms with E-state index < -0.39 is 35.4 Å². The Kier molecular flexibility index (Phi) is 16.5. The summed E-state index contributed by atoms with van der Waals surface area (Å²) in [6.45, 7) is 9.03. The minimum absolute atomic E-state index is 0.146. The van der Waals surface area contributed by atoms with Gasteiger partial charge in [0.05, 0.1) is 11.4 Å². The molecule has 2 aliphatic heterocycles. The summed E-state index contributed by atoms with van der Waals surface area (Å²) < 4.78 is 23.3. The maximum Gasteiger partial charge on any atom is 0.305 e. The first kappa shape index (κ1) is 48.1. The predicted octanol–water partition coefficient (Wildman–Crippen LogP) is 8.98. The Morgan fingerprint density at radius 2 is 0.955 bits per heavy atom. The van der Waals surface area contributed by atoms with Crippen molar-refractivity contribution in [2.24, 2.45) is 0 Å². The Balaban J connectivity index is 1.22. The molecule has 0 spiro atoms. The molecule has 1 saturated carbocycles.